The van der Waals surface area contributed by atoms with Crippen LogP contribution in [-0.4, -0.2) is 11.9 Å². The first kappa shape index (κ1) is 15.9. The second-order valence-corrected chi connectivity index (χ2v) is 6.33. The Morgan fingerprint density at radius 3 is 2.57 bits per heavy atom. The lowest BCUT2D eigenvalue weighted by molar-refractivity contribution is 0.0940. The van der Waals surface area contributed by atoms with Gasteiger partial charge in [0.05, 0.1) is 0 Å². The van der Waals surface area contributed by atoms with Gasteiger partial charge in [-0.2, -0.15) is 0 Å². The summed E-state index contributed by atoms with van der Waals surface area (Å²) in [5.41, 5.74) is 7.97. The first-order chi connectivity index (χ1) is 9.94. The monoisotopic (exact) mass is 366 g/mol. The van der Waals surface area contributed by atoms with Gasteiger partial charge in [0.25, 0.3) is 5.91 Å². The molecule has 3 N–H and O–H groups in total. The van der Waals surface area contributed by atoms with E-state index in [9.17, 15) is 4.79 Å². The Hall–Kier alpha value is -1.52. The van der Waals surface area contributed by atoms with Crippen molar-refractivity contribution in [2.45, 2.75) is 19.4 Å². The fourth-order valence-electron chi connectivity index (χ4n) is 2.08. The maximum Gasteiger partial charge on any atom is 0.251 e. The van der Waals surface area contributed by atoms with E-state index in [0.29, 0.717) is 16.3 Å². The molecule has 2 aromatic rings. The average molecular weight is 368 g/mol. The van der Waals surface area contributed by atoms with Gasteiger partial charge >= 0.3 is 0 Å². The van der Waals surface area contributed by atoms with Crippen molar-refractivity contribution >= 4 is 39.1 Å². The standard InChI is InChI=1S/C16H16BrClN2O/c1-10(6-11-2-4-14(18)5-3-11)20-16(21)12-7-13(17)9-15(19)8-12/h2-5,7-10H,6,19H2,1H3,(H,20,21). The smallest absolute Gasteiger partial charge is 0.251 e. The largest absolute Gasteiger partial charge is 0.399 e. The van der Waals surface area contributed by atoms with E-state index in [1.54, 1.807) is 18.2 Å². The molecule has 1 atom stereocenters. The maximum absolute atomic E-state index is 12.2. The predicted molar refractivity (Wildman–Crippen MR) is 90.6 cm³/mol. The highest BCUT2D eigenvalue weighted by Gasteiger charge is 2.11. The molecule has 1 unspecified atom stereocenters. The van der Waals surface area contributed by atoms with Gasteiger partial charge in [-0.05, 0) is 49.2 Å². The van der Waals surface area contributed by atoms with Gasteiger partial charge in [-0.3, -0.25) is 4.79 Å². The van der Waals surface area contributed by atoms with E-state index in [4.69, 9.17) is 17.3 Å². The molecule has 2 aromatic carbocycles. The Balaban J connectivity index is 2.00. The molecule has 0 saturated heterocycles. The van der Waals surface area contributed by atoms with Crippen LogP contribution in [0.15, 0.2) is 46.9 Å². The number of hydrogen-bond acceptors (Lipinski definition) is 2. The third-order valence-electron chi connectivity index (χ3n) is 3.01. The van der Waals surface area contributed by atoms with Gasteiger partial charge in [0, 0.05) is 26.8 Å². The molecule has 0 heterocycles. The summed E-state index contributed by atoms with van der Waals surface area (Å²) in [4.78, 5) is 12.2. The minimum Gasteiger partial charge on any atom is -0.399 e. The molecule has 2 rings (SSSR count). The fraction of sp³-hybridized carbons (Fsp3) is 0.188. The first-order valence-electron chi connectivity index (χ1n) is 6.55. The van der Waals surface area contributed by atoms with Crippen LogP contribution in [0, 0.1) is 0 Å². The first-order valence-corrected chi connectivity index (χ1v) is 7.72. The zero-order valence-electron chi connectivity index (χ0n) is 11.6. The Morgan fingerprint density at radius 1 is 1.29 bits per heavy atom. The van der Waals surface area contributed by atoms with E-state index in [1.807, 2.05) is 31.2 Å². The van der Waals surface area contributed by atoms with Crippen molar-refractivity contribution in [1.29, 1.82) is 0 Å². The van der Waals surface area contributed by atoms with Crippen molar-refractivity contribution in [2.75, 3.05) is 5.73 Å². The molecule has 0 saturated carbocycles. The summed E-state index contributed by atoms with van der Waals surface area (Å²) in [6.45, 7) is 1.97. The van der Waals surface area contributed by atoms with Crippen molar-refractivity contribution in [1.82, 2.24) is 5.32 Å². The van der Waals surface area contributed by atoms with Crippen molar-refractivity contribution in [3.05, 3.63) is 63.1 Å². The van der Waals surface area contributed by atoms with Crippen LogP contribution >= 0.6 is 27.5 Å². The number of benzene rings is 2. The Morgan fingerprint density at radius 2 is 1.95 bits per heavy atom. The summed E-state index contributed by atoms with van der Waals surface area (Å²) in [7, 11) is 0. The molecule has 110 valence electrons. The third-order valence-corrected chi connectivity index (χ3v) is 3.72. The van der Waals surface area contributed by atoms with Crippen LogP contribution in [-0.2, 0) is 6.42 Å². The molecule has 0 aliphatic carbocycles. The number of nitrogens with two attached hydrogens (primary N) is 1. The molecule has 0 aromatic heterocycles. The minimum atomic E-state index is -0.135. The number of amides is 1. The molecular formula is C16H16BrClN2O. The van der Waals surface area contributed by atoms with Gasteiger partial charge in [-0.15, -0.1) is 0 Å². The van der Waals surface area contributed by atoms with Gasteiger partial charge in [-0.1, -0.05) is 39.7 Å². The van der Waals surface area contributed by atoms with Gasteiger partial charge in [0.1, 0.15) is 0 Å². The molecular weight excluding hydrogens is 352 g/mol. The zero-order chi connectivity index (χ0) is 15.4. The van der Waals surface area contributed by atoms with Crippen LogP contribution in [0.2, 0.25) is 5.02 Å². The van der Waals surface area contributed by atoms with Crippen LogP contribution in [0.4, 0.5) is 5.69 Å². The summed E-state index contributed by atoms with van der Waals surface area (Å²) in [6.07, 6.45) is 0.742. The number of rotatable bonds is 4. The van der Waals surface area contributed by atoms with Crippen LogP contribution in [0.3, 0.4) is 0 Å². The highest BCUT2D eigenvalue weighted by atomic mass is 79.9. The van der Waals surface area contributed by atoms with Crippen molar-refractivity contribution < 1.29 is 4.79 Å². The second-order valence-electron chi connectivity index (χ2n) is 4.98. The molecule has 1 amide bonds. The highest BCUT2D eigenvalue weighted by Crippen LogP contribution is 2.17. The zero-order valence-corrected chi connectivity index (χ0v) is 13.9. The molecule has 0 bridgehead atoms. The van der Waals surface area contributed by atoms with E-state index in [2.05, 4.69) is 21.2 Å². The van der Waals surface area contributed by atoms with Crippen LogP contribution in [0.1, 0.15) is 22.8 Å². The Kier molecular flexibility index (Phi) is 5.26. The van der Waals surface area contributed by atoms with Gasteiger partial charge in [0.15, 0.2) is 0 Å². The molecule has 0 aliphatic rings. The number of carbonyl (C=O) groups excluding carboxylic acids is 1. The SMILES string of the molecule is CC(Cc1ccc(Cl)cc1)NC(=O)c1cc(N)cc(Br)c1. The summed E-state index contributed by atoms with van der Waals surface area (Å²) < 4.78 is 0.790. The number of hydrogen-bond donors (Lipinski definition) is 2. The number of anilines is 1. The molecule has 5 heteroatoms. The second kappa shape index (κ2) is 6.96. The fourth-order valence-corrected chi connectivity index (χ4v) is 2.71. The molecule has 0 radical (unpaired) electrons. The average Bonchev–Trinajstić information content (AvgIpc) is 2.40. The van der Waals surface area contributed by atoms with Crippen LogP contribution in [0.5, 0.6) is 0 Å². The topological polar surface area (TPSA) is 55.1 Å². The van der Waals surface area contributed by atoms with Gasteiger partial charge in [-0.25, -0.2) is 0 Å². The number of nitrogen functional groups attached to an aromatic ring is 1. The number of nitrogens with one attached hydrogen (secondary N) is 1. The molecule has 21 heavy (non-hydrogen) atoms. The molecule has 3 nitrogen and oxygen atoms in total. The Bertz CT molecular complexity index is 623. The lowest BCUT2D eigenvalue weighted by atomic mass is 10.1. The minimum absolute atomic E-state index is 0.0129. The molecule has 0 aliphatic heterocycles. The van der Waals surface area contributed by atoms with Gasteiger partial charge in [0.2, 0.25) is 0 Å². The summed E-state index contributed by atoms with van der Waals surface area (Å²) in [5.74, 6) is -0.135. The molecule has 0 spiro atoms. The van der Waals surface area contributed by atoms with E-state index < -0.39 is 0 Å². The van der Waals surface area contributed by atoms with Gasteiger partial charge < -0.3 is 11.1 Å². The van der Waals surface area contributed by atoms with Crippen molar-refractivity contribution in [2.24, 2.45) is 0 Å². The van der Waals surface area contributed by atoms with Crippen molar-refractivity contribution in [3.8, 4) is 0 Å². The maximum atomic E-state index is 12.2. The van der Waals surface area contributed by atoms with Crippen LogP contribution < -0.4 is 11.1 Å². The lowest BCUT2D eigenvalue weighted by Crippen LogP contribution is -2.34. The quantitative estimate of drug-likeness (QED) is 0.801. The third kappa shape index (κ3) is 4.76. The highest BCUT2D eigenvalue weighted by molar-refractivity contribution is 9.10. The van der Waals surface area contributed by atoms with Crippen molar-refractivity contribution in [3.63, 3.8) is 0 Å². The summed E-state index contributed by atoms with van der Waals surface area (Å²) >= 11 is 9.19. The Labute approximate surface area is 137 Å². The predicted octanol–water partition coefficient (Wildman–Crippen LogP) is 4.05. The normalized spacial score (nSPS) is 12.0. The lowest BCUT2D eigenvalue weighted by Gasteiger charge is -2.14. The van der Waals surface area contributed by atoms with E-state index in [-0.39, 0.29) is 11.9 Å². The van der Waals surface area contributed by atoms with Crippen LogP contribution in [0.25, 0.3) is 0 Å². The number of carbonyl (C=O) groups is 1. The number of halogens is 2. The summed E-state index contributed by atoms with van der Waals surface area (Å²) in [5, 5.41) is 3.67. The molecule has 0 fully saturated rings. The summed E-state index contributed by atoms with van der Waals surface area (Å²) in [6, 6.07) is 12.8. The van der Waals surface area contributed by atoms with E-state index >= 15 is 0 Å². The van der Waals surface area contributed by atoms with E-state index in [1.165, 1.54) is 0 Å². The van der Waals surface area contributed by atoms with E-state index in [0.717, 1.165) is 16.5 Å².